The van der Waals surface area contributed by atoms with E-state index < -0.39 is 11.8 Å². The molecule has 0 aromatic rings. The number of carboxylic acids is 1. The van der Waals surface area contributed by atoms with Gasteiger partial charge in [0.25, 0.3) is 5.79 Å². The molecule has 0 amide bonds. The van der Waals surface area contributed by atoms with Crippen LogP contribution in [0.15, 0.2) is 12.2 Å². The van der Waals surface area contributed by atoms with Crippen LogP contribution in [0.2, 0.25) is 0 Å². The Kier molecular flexibility index (Phi) is 11.9. The fourth-order valence-corrected chi connectivity index (χ4v) is 3.94. The lowest BCUT2D eigenvalue weighted by Gasteiger charge is -2.24. The van der Waals surface area contributed by atoms with Gasteiger partial charge in [0, 0.05) is 6.42 Å². The van der Waals surface area contributed by atoms with Crippen LogP contribution < -0.4 is 0 Å². The maximum Gasteiger partial charge on any atom is 0.364 e. The van der Waals surface area contributed by atoms with Gasteiger partial charge in [-0.3, -0.25) is 0 Å². The molecular weight excluding hydrogens is 344 g/mol. The van der Waals surface area contributed by atoms with E-state index in [1.54, 1.807) is 0 Å². The number of allylic oxidation sites excluding steroid dienone is 2. The van der Waals surface area contributed by atoms with Gasteiger partial charge in [0.05, 0.1) is 12.7 Å². The maximum atomic E-state index is 11.2. The Morgan fingerprint density at radius 1 is 1.11 bits per heavy atom. The SMILES string of the molecule is CCCCCC=C[C@H]1CC[C@H](O)[C@@H]1CCCCCC(O)(OCCC)C(=O)O. The number of hydrogen-bond acceptors (Lipinski definition) is 4. The van der Waals surface area contributed by atoms with Crippen LogP contribution >= 0.6 is 0 Å². The number of unbranched alkanes of at least 4 members (excludes halogenated alkanes) is 5. The van der Waals surface area contributed by atoms with Gasteiger partial charge in [-0.15, -0.1) is 0 Å². The molecule has 1 unspecified atom stereocenters. The second-order valence-corrected chi connectivity index (χ2v) is 7.93. The van der Waals surface area contributed by atoms with Crippen LogP contribution in [0.4, 0.5) is 0 Å². The number of hydrogen-bond donors (Lipinski definition) is 3. The Morgan fingerprint density at radius 3 is 2.56 bits per heavy atom. The summed E-state index contributed by atoms with van der Waals surface area (Å²) in [5.74, 6) is -2.60. The van der Waals surface area contributed by atoms with Gasteiger partial charge in [-0.05, 0) is 56.8 Å². The molecular formula is C22H40O5. The van der Waals surface area contributed by atoms with E-state index in [-0.39, 0.29) is 19.1 Å². The van der Waals surface area contributed by atoms with Crippen molar-refractivity contribution >= 4 is 5.97 Å². The lowest BCUT2D eigenvalue weighted by atomic mass is 9.88. The Balaban J connectivity index is 2.32. The van der Waals surface area contributed by atoms with E-state index >= 15 is 0 Å². The summed E-state index contributed by atoms with van der Waals surface area (Å²) in [5.41, 5.74) is 0. The molecule has 0 spiro atoms. The van der Waals surface area contributed by atoms with Gasteiger partial charge in [-0.25, -0.2) is 4.79 Å². The van der Waals surface area contributed by atoms with Crippen molar-refractivity contribution in [1.29, 1.82) is 0 Å². The summed E-state index contributed by atoms with van der Waals surface area (Å²) in [4.78, 5) is 11.2. The highest BCUT2D eigenvalue weighted by molar-refractivity contribution is 5.75. The molecule has 3 N–H and O–H groups in total. The van der Waals surface area contributed by atoms with Crippen LogP contribution in [0, 0.1) is 11.8 Å². The standard InChI is InChI=1S/C22H40O5/c1-3-5-6-7-9-12-18-14-15-20(23)19(18)13-10-8-11-16-22(26,21(24)25)27-17-4-2/h9,12,18-20,23,26H,3-8,10-11,13-17H2,1-2H3,(H,24,25)/t18-,19+,20-,22?/m0/s1. The molecule has 27 heavy (non-hydrogen) atoms. The van der Waals surface area contributed by atoms with Crippen molar-refractivity contribution in [2.24, 2.45) is 11.8 Å². The number of aliphatic hydroxyl groups excluding tert-OH is 1. The third-order valence-corrected chi connectivity index (χ3v) is 5.63. The number of ether oxygens (including phenoxy) is 1. The highest BCUT2D eigenvalue weighted by Crippen LogP contribution is 2.37. The zero-order valence-corrected chi connectivity index (χ0v) is 17.2. The first-order valence-electron chi connectivity index (χ1n) is 10.9. The molecule has 0 bridgehead atoms. The Labute approximate surface area is 164 Å². The summed E-state index contributed by atoms with van der Waals surface area (Å²) < 4.78 is 5.13. The maximum absolute atomic E-state index is 11.2. The van der Waals surface area contributed by atoms with Crippen molar-refractivity contribution in [3.63, 3.8) is 0 Å². The monoisotopic (exact) mass is 384 g/mol. The molecule has 4 atom stereocenters. The summed E-state index contributed by atoms with van der Waals surface area (Å²) in [6, 6.07) is 0. The van der Waals surface area contributed by atoms with Gasteiger partial charge in [-0.1, -0.05) is 51.7 Å². The predicted molar refractivity (Wildman–Crippen MR) is 107 cm³/mol. The molecule has 158 valence electrons. The van der Waals surface area contributed by atoms with Gasteiger partial charge in [0.2, 0.25) is 0 Å². The highest BCUT2D eigenvalue weighted by atomic mass is 16.6. The second kappa shape index (κ2) is 13.3. The minimum Gasteiger partial charge on any atom is -0.477 e. The van der Waals surface area contributed by atoms with Crippen molar-refractivity contribution in [2.75, 3.05) is 6.61 Å². The third kappa shape index (κ3) is 8.75. The van der Waals surface area contributed by atoms with E-state index in [0.29, 0.717) is 24.7 Å². The summed E-state index contributed by atoms with van der Waals surface area (Å²) in [5, 5.41) is 29.6. The zero-order chi connectivity index (χ0) is 20.1. The van der Waals surface area contributed by atoms with Crippen LogP contribution in [-0.2, 0) is 9.53 Å². The lowest BCUT2D eigenvalue weighted by molar-refractivity contribution is -0.226. The fraction of sp³-hybridized carbons (Fsp3) is 0.864. The van der Waals surface area contributed by atoms with E-state index in [9.17, 15) is 20.1 Å². The topological polar surface area (TPSA) is 87.0 Å². The van der Waals surface area contributed by atoms with E-state index in [1.807, 2.05) is 6.92 Å². The molecule has 1 aliphatic carbocycles. The summed E-state index contributed by atoms with van der Waals surface area (Å²) >= 11 is 0. The predicted octanol–water partition coefficient (Wildman–Crippen LogP) is 4.66. The smallest absolute Gasteiger partial charge is 0.364 e. The quantitative estimate of drug-likeness (QED) is 0.217. The second-order valence-electron chi connectivity index (χ2n) is 7.93. The molecule has 1 rings (SSSR count). The van der Waals surface area contributed by atoms with Crippen LogP contribution in [0.25, 0.3) is 0 Å². The van der Waals surface area contributed by atoms with Crippen LogP contribution in [-0.4, -0.2) is 39.8 Å². The molecule has 1 saturated carbocycles. The van der Waals surface area contributed by atoms with Crippen molar-refractivity contribution in [2.45, 2.75) is 103 Å². The third-order valence-electron chi connectivity index (χ3n) is 5.63. The fourth-order valence-electron chi connectivity index (χ4n) is 3.94. The van der Waals surface area contributed by atoms with Gasteiger partial charge in [0.15, 0.2) is 0 Å². The molecule has 5 nitrogen and oxygen atoms in total. The van der Waals surface area contributed by atoms with Gasteiger partial charge < -0.3 is 20.1 Å². The Morgan fingerprint density at radius 2 is 1.89 bits per heavy atom. The van der Waals surface area contributed by atoms with Crippen LogP contribution in [0.5, 0.6) is 0 Å². The van der Waals surface area contributed by atoms with Gasteiger partial charge >= 0.3 is 5.97 Å². The lowest BCUT2D eigenvalue weighted by Crippen LogP contribution is -2.41. The van der Waals surface area contributed by atoms with E-state index in [2.05, 4.69) is 19.1 Å². The van der Waals surface area contributed by atoms with Gasteiger partial charge in [0.1, 0.15) is 0 Å². The summed E-state index contributed by atoms with van der Waals surface area (Å²) in [6.07, 6.45) is 15.3. The molecule has 0 aromatic carbocycles. The number of carboxylic acid groups (broad SMARTS) is 1. The van der Waals surface area contributed by atoms with Crippen molar-refractivity contribution < 1.29 is 24.9 Å². The molecule has 5 heteroatoms. The first kappa shape index (κ1) is 24.1. The molecule has 0 radical (unpaired) electrons. The van der Waals surface area contributed by atoms with E-state index in [0.717, 1.165) is 38.5 Å². The number of rotatable bonds is 15. The first-order valence-corrected chi connectivity index (χ1v) is 10.9. The minimum atomic E-state index is -2.06. The Bertz CT molecular complexity index is 436. The molecule has 0 saturated heterocycles. The van der Waals surface area contributed by atoms with Crippen LogP contribution in [0.3, 0.4) is 0 Å². The normalized spacial score (nSPS) is 25.1. The zero-order valence-electron chi connectivity index (χ0n) is 17.2. The molecule has 1 aliphatic rings. The first-order chi connectivity index (χ1) is 12.9. The van der Waals surface area contributed by atoms with Gasteiger partial charge in [-0.2, -0.15) is 0 Å². The summed E-state index contributed by atoms with van der Waals surface area (Å²) in [7, 11) is 0. The average molecular weight is 385 g/mol. The average Bonchev–Trinajstić information content (AvgIpc) is 2.99. The van der Waals surface area contributed by atoms with Crippen molar-refractivity contribution in [3.8, 4) is 0 Å². The van der Waals surface area contributed by atoms with E-state index in [4.69, 9.17) is 4.74 Å². The Hall–Kier alpha value is -0.910. The highest BCUT2D eigenvalue weighted by Gasteiger charge is 2.36. The van der Waals surface area contributed by atoms with Crippen LogP contribution in [0.1, 0.15) is 90.9 Å². The molecule has 0 aliphatic heterocycles. The number of carbonyl (C=O) groups is 1. The molecule has 0 aromatic heterocycles. The number of aliphatic hydroxyl groups is 2. The van der Waals surface area contributed by atoms with Crippen molar-refractivity contribution in [1.82, 2.24) is 0 Å². The summed E-state index contributed by atoms with van der Waals surface area (Å²) in [6.45, 7) is 4.33. The minimum absolute atomic E-state index is 0.107. The number of aliphatic carboxylic acids is 1. The largest absolute Gasteiger partial charge is 0.477 e. The molecule has 0 heterocycles. The molecule has 1 fully saturated rings. The van der Waals surface area contributed by atoms with E-state index in [1.165, 1.54) is 19.3 Å². The van der Waals surface area contributed by atoms with Crippen molar-refractivity contribution in [3.05, 3.63) is 12.2 Å².